The Morgan fingerprint density at radius 3 is 2.45 bits per heavy atom. The molecular formula is C21H21Cl4NO3. The summed E-state index contributed by atoms with van der Waals surface area (Å²) >= 11 is 23.3. The maximum atomic E-state index is 6.30. The van der Waals surface area contributed by atoms with E-state index in [0.717, 1.165) is 11.1 Å². The Balaban J connectivity index is 1.72. The maximum Gasteiger partial charge on any atom is 0.141 e. The zero-order valence-corrected chi connectivity index (χ0v) is 18.8. The molecule has 2 aromatic rings. The molecule has 2 rings (SSSR count). The molecule has 0 spiro atoms. The first-order valence-electron chi connectivity index (χ1n) is 8.76. The van der Waals surface area contributed by atoms with Gasteiger partial charge in [-0.3, -0.25) is 10.3 Å². The number of hydrogen-bond acceptors (Lipinski definition) is 4. The molecule has 0 unspecified atom stereocenters. The molecule has 0 aromatic heterocycles. The summed E-state index contributed by atoms with van der Waals surface area (Å²) in [5.74, 6) is 1.22. The van der Waals surface area contributed by atoms with Crippen molar-refractivity contribution in [3.8, 4) is 11.5 Å². The molecule has 0 saturated carbocycles. The van der Waals surface area contributed by atoms with Crippen LogP contribution in [0.4, 0.5) is 0 Å². The lowest BCUT2D eigenvalue weighted by Crippen LogP contribution is -2.15. The molecule has 0 aliphatic carbocycles. The Morgan fingerprint density at radius 2 is 1.79 bits per heavy atom. The van der Waals surface area contributed by atoms with Crippen LogP contribution >= 0.6 is 46.4 Å². The highest BCUT2D eigenvalue weighted by Crippen LogP contribution is 2.33. The summed E-state index contributed by atoms with van der Waals surface area (Å²) < 4.78 is 11.5. The largest absolute Gasteiger partial charge is 0.492 e. The number of nitrogens with one attached hydrogen (secondary N) is 1. The molecule has 0 amide bonds. The van der Waals surface area contributed by atoms with E-state index < -0.39 is 0 Å². The minimum absolute atomic E-state index is 0.154. The van der Waals surface area contributed by atoms with Crippen LogP contribution in [0.25, 0.3) is 5.70 Å². The lowest BCUT2D eigenvalue weighted by molar-refractivity contribution is 0.0686. The van der Waals surface area contributed by atoms with Gasteiger partial charge in [-0.05, 0) is 42.3 Å². The molecular weight excluding hydrogens is 456 g/mol. The Labute approximate surface area is 190 Å². The summed E-state index contributed by atoms with van der Waals surface area (Å²) in [6.07, 6.45) is 2.21. The van der Waals surface area contributed by atoms with E-state index in [1.54, 1.807) is 24.3 Å². The number of benzene rings is 2. The molecule has 0 aliphatic heterocycles. The van der Waals surface area contributed by atoms with E-state index in [2.05, 4.69) is 12.1 Å². The third-order valence-corrected chi connectivity index (χ3v) is 4.56. The Bertz CT molecular complexity index is 826. The topological polar surface area (TPSA) is 39.7 Å². The van der Waals surface area contributed by atoms with Crippen LogP contribution in [0.2, 0.25) is 10.0 Å². The van der Waals surface area contributed by atoms with E-state index in [9.17, 15) is 0 Å². The van der Waals surface area contributed by atoms with Gasteiger partial charge in [-0.2, -0.15) is 0 Å². The first-order chi connectivity index (χ1) is 13.9. The molecule has 156 valence electrons. The molecule has 0 heterocycles. The van der Waals surface area contributed by atoms with E-state index in [0.29, 0.717) is 46.9 Å². The van der Waals surface area contributed by atoms with Crippen LogP contribution < -0.4 is 15.0 Å². The van der Waals surface area contributed by atoms with Crippen molar-refractivity contribution in [2.24, 2.45) is 0 Å². The van der Waals surface area contributed by atoms with Gasteiger partial charge < -0.3 is 9.47 Å². The van der Waals surface area contributed by atoms with Crippen molar-refractivity contribution in [2.75, 3.05) is 19.8 Å². The average Bonchev–Trinajstić information content (AvgIpc) is 2.66. The van der Waals surface area contributed by atoms with Gasteiger partial charge in [-0.15, -0.1) is 0 Å². The molecule has 0 radical (unpaired) electrons. The van der Waals surface area contributed by atoms with Gasteiger partial charge in [0.05, 0.1) is 23.9 Å². The van der Waals surface area contributed by atoms with E-state index in [1.807, 2.05) is 25.1 Å². The van der Waals surface area contributed by atoms with Crippen molar-refractivity contribution in [1.29, 1.82) is 0 Å². The van der Waals surface area contributed by atoms with E-state index in [-0.39, 0.29) is 11.1 Å². The average molecular weight is 477 g/mol. The van der Waals surface area contributed by atoms with Crippen molar-refractivity contribution in [3.63, 3.8) is 0 Å². The van der Waals surface area contributed by atoms with E-state index in [1.165, 1.54) is 0 Å². The lowest BCUT2D eigenvalue weighted by atomic mass is 10.2. The molecule has 29 heavy (non-hydrogen) atoms. The second kappa shape index (κ2) is 12.2. The van der Waals surface area contributed by atoms with Crippen LogP contribution in [0, 0.1) is 6.92 Å². The second-order valence-electron chi connectivity index (χ2n) is 5.99. The fourth-order valence-corrected chi connectivity index (χ4v) is 2.88. The molecule has 0 atom stereocenters. The van der Waals surface area contributed by atoms with Gasteiger partial charge in [-0.25, -0.2) is 0 Å². The fourth-order valence-electron chi connectivity index (χ4n) is 2.32. The van der Waals surface area contributed by atoms with Crippen LogP contribution in [0.15, 0.2) is 53.5 Å². The second-order valence-corrected chi connectivity index (χ2v) is 7.85. The zero-order chi connectivity index (χ0) is 21.2. The number of hydrogen-bond donors (Lipinski definition) is 1. The number of aryl methyl sites for hydroxylation is 1. The van der Waals surface area contributed by atoms with Crippen molar-refractivity contribution in [1.82, 2.24) is 5.48 Å². The minimum atomic E-state index is 0.154. The summed E-state index contributed by atoms with van der Waals surface area (Å²) in [6, 6.07) is 10.8. The highest BCUT2D eigenvalue weighted by Gasteiger charge is 2.09. The SMILES string of the molecule is C=C(NOCCCOc1c(C)cc(OCC=C(Cl)Cl)cc1Cl)c1ccc(Cl)cc1. The lowest BCUT2D eigenvalue weighted by Gasteiger charge is -2.14. The first kappa shape index (κ1) is 23.7. The molecule has 4 nitrogen and oxygen atoms in total. The third kappa shape index (κ3) is 8.37. The van der Waals surface area contributed by atoms with Gasteiger partial charge in [-0.1, -0.05) is 65.1 Å². The Hall–Kier alpha value is -1.56. The van der Waals surface area contributed by atoms with Gasteiger partial charge >= 0.3 is 0 Å². The monoisotopic (exact) mass is 475 g/mol. The highest BCUT2D eigenvalue weighted by molar-refractivity contribution is 6.55. The van der Waals surface area contributed by atoms with Gasteiger partial charge in [0.15, 0.2) is 0 Å². The summed E-state index contributed by atoms with van der Waals surface area (Å²) in [5, 5.41) is 1.14. The van der Waals surface area contributed by atoms with Crippen LogP contribution in [0.5, 0.6) is 11.5 Å². The summed E-state index contributed by atoms with van der Waals surface area (Å²) in [7, 11) is 0. The van der Waals surface area contributed by atoms with Crippen molar-refractivity contribution in [3.05, 3.63) is 74.7 Å². The van der Waals surface area contributed by atoms with Crippen molar-refractivity contribution < 1.29 is 14.3 Å². The number of ether oxygens (including phenoxy) is 2. The molecule has 1 N–H and O–H groups in total. The third-order valence-electron chi connectivity index (χ3n) is 3.72. The Morgan fingerprint density at radius 1 is 1.07 bits per heavy atom. The zero-order valence-electron chi connectivity index (χ0n) is 15.8. The van der Waals surface area contributed by atoms with E-state index >= 15 is 0 Å². The number of halogens is 4. The summed E-state index contributed by atoms with van der Waals surface area (Å²) in [5.41, 5.74) is 5.24. The summed E-state index contributed by atoms with van der Waals surface area (Å²) in [4.78, 5) is 5.42. The van der Waals surface area contributed by atoms with Crippen molar-refractivity contribution >= 4 is 52.1 Å². The van der Waals surface area contributed by atoms with Crippen molar-refractivity contribution in [2.45, 2.75) is 13.3 Å². The molecule has 8 heteroatoms. The minimum Gasteiger partial charge on any atom is -0.492 e. The predicted molar refractivity (Wildman–Crippen MR) is 121 cm³/mol. The smallest absolute Gasteiger partial charge is 0.141 e. The van der Waals surface area contributed by atoms with Crippen LogP contribution in [0.1, 0.15) is 17.5 Å². The van der Waals surface area contributed by atoms with E-state index in [4.69, 9.17) is 60.7 Å². The highest BCUT2D eigenvalue weighted by atomic mass is 35.5. The molecule has 0 fully saturated rings. The fraction of sp³-hybridized carbons (Fsp3) is 0.238. The molecule has 0 saturated heterocycles. The number of rotatable bonds is 11. The number of hydroxylamine groups is 1. The normalized spacial score (nSPS) is 10.4. The Kier molecular flexibility index (Phi) is 9.98. The van der Waals surface area contributed by atoms with Gasteiger partial charge in [0.2, 0.25) is 0 Å². The molecule has 2 aromatic carbocycles. The first-order valence-corrected chi connectivity index (χ1v) is 10.3. The van der Waals surface area contributed by atoms with Crippen LogP contribution in [0.3, 0.4) is 0 Å². The quantitative estimate of drug-likeness (QED) is 0.281. The van der Waals surface area contributed by atoms with Gasteiger partial charge in [0.1, 0.15) is 22.6 Å². The maximum absolute atomic E-state index is 6.30. The summed E-state index contributed by atoms with van der Waals surface area (Å²) in [6.45, 7) is 6.96. The van der Waals surface area contributed by atoms with Crippen LogP contribution in [-0.2, 0) is 4.84 Å². The van der Waals surface area contributed by atoms with Gasteiger partial charge in [0.25, 0.3) is 0 Å². The van der Waals surface area contributed by atoms with Gasteiger partial charge in [0, 0.05) is 17.5 Å². The molecule has 0 bridgehead atoms. The standard InChI is InChI=1S/C21H21Cl4NO3/c1-14-12-18(27-11-8-20(24)25)13-19(23)21(14)28-9-3-10-29-26-15(2)16-4-6-17(22)7-5-16/h4-8,12-13,26H,2-3,9-11H2,1H3. The molecule has 0 aliphatic rings. The predicted octanol–water partition coefficient (Wildman–Crippen LogP) is 6.96. The van der Waals surface area contributed by atoms with Crippen LogP contribution in [-0.4, -0.2) is 19.8 Å².